The fraction of sp³-hybridized carbons (Fsp3) is 0.136. The third-order valence-corrected chi connectivity index (χ3v) is 4.59. The summed E-state index contributed by atoms with van der Waals surface area (Å²) in [5, 5.41) is 0.712. The number of benzene rings is 2. The van der Waals surface area contributed by atoms with Crippen LogP contribution in [-0.2, 0) is 0 Å². The highest BCUT2D eigenvalue weighted by Crippen LogP contribution is 2.26. The van der Waals surface area contributed by atoms with Crippen LogP contribution in [0.5, 0.6) is 0 Å². The highest BCUT2D eigenvalue weighted by atomic mass is 35.5. The van der Waals surface area contributed by atoms with Crippen molar-refractivity contribution in [1.29, 1.82) is 0 Å². The van der Waals surface area contributed by atoms with E-state index in [1.54, 1.807) is 6.08 Å². The van der Waals surface area contributed by atoms with Crippen LogP contribution in [0, 0.1) is 20.8 Å². The maximum Gasteiger partial charge on any atom is 0.185 e. The molecule has 3 rings (SSSR count). The second-order valence-electron chi connectivity index (χ2n) is 6.16. The van der Waals surface area contributed by atoms with Crippen molar-refractivity contribution in [3.05, 3.63) is 93.8 Å². The van der Waals surface area contributed by atoms with Crippen molar-refractivity contribution >= 4 is 23.5 Å². The number of halogens is 1. The number of aromatic nitrogens is 1. The summed E-state index contributed by atoms with van der Waals surface area (Å²) < 4.78 is 2.17. The highest BCUT2D eigenvalue weighted by Gasteiger charge is 2.12. The van der Waals surface area contributed by atoms with Gasteiger partial charge in [0.15, 0.2) is 5.78 Å². The van der Waals surface area contributed by atoms with Gasteiger partial charge in [0.25, 0.3) is 0 Å². The van der Waals surface area contributed by atoms with Gasteiger partial charge in [0, 0.05) is 27.7 Å². The monoisotopic (exact) mass is 349 g/mol. The van der Waals surface area contributed by atoms with E-state index < -0.39 is 0 Å². The van der Waals surface area contributed by atoms with Gasteiger partial charge in [-0.25, -0.2) is 0 Å². The first-order valence-corrected chi connectivity index (χ1v) is 8.58. The summed E-state index contributed by atoms with van der Waals surface area (Å²) in [5.74, 6) is 0.00402. The molecule has 0 fully saturated rings. The van der Waals surface area contributed by atoms with Crippen molar-refractivity contribution in [2.45, 2.75) is 20.8 Å². The Morgan fingerprint density at radius 2 is 1.72 bits per heavy atom. The van der Waals surface area contributed by atoms with Crippen LogP contribution in [0.1, 0.15) is 32.9 Å². The van der Waals surface area contributed by atoms with Gasteiger partial charge in [0.2, 0.25) is 0 Å². The fourth-order valence-electron chi connectivity index (χ4n) is 3.01. The number of hydrogen-bond acceptors (Lipinski definition) is 1. The average molecular weight is 350 g/mol. The van der Waals surface area contributed by atoms with E-state index in [-0.39, 0.29) is 5.78 Å². The van der Waals surface area contributed by atoms with Crippen LogP contribution in [0.2, 0.25) is 5.02 Å². The van der Waals surface area contributed by atoms with Crippen molar-refractivity contribution < 1.29 is 4.79 Å². The summed E-state index contributed by atoms with van der Waals surface area (Å²) in [6, 6.07) is 17.3. The molecular weight excluding hydrogens is 330 g/mol. The molecule has 0 atom stereocenters. The molecule has 0 unspecified atom stereocenters. The summed E-state index contributed by atoms with van der Waals surface area (Å²) in [5.41, 5.74) is 6.13. The second kappa shape index (κ2) is 7.12. The average Bonchev–Trinajstić information content (AvgIpc) is 2.89. The van der Waals surface area contributed by atoms with Gasteiger partial charge in [0.1, 0.15) is 0 Å². The number of aryl methyl sites for hydroxylation is 2. The molecule has 0 aliphatic rings. The van der Waals surface area contributed by atoms with Gasteiger partial charge in [-0.3, -0.25) is 4.79 Å². The van der Waals surface area contributed by atoms with E-state index in [0.717, 1.165) is 28.2 Å². The summed E-state index contributed by atoms with van der Waals surface area (Å²) in [4.78, 5) is 12.3. The smallest absolute Gasteiger partial charge is 0.185 e. The van der Waals surface area contributed by atoms with Crippen molar-refractivity contribution in [3.8, 4) is 5.69 Å². The molecule has 25 heavy (non-hydrogen) atoms. The zero-order valence-electron chi connectivity index (χ0n) is 14.6. The molecule has 0 N–H and O–H groups in total. The van der Waals surface area contributed by atoms with Crippen LogP contribution in [0.25, 0.3) is 11.8 Å². The first-order chi connectivity index (χ1) is 12.0. The van der Waals surface area contributed by atoms with Crippen LogP contribution in [0.15, 0.2) is 60.7 Å². The number of rotatable bonds is 4. The molecule has 0 aliphatic carbocycles. The van der Waals surface area contributed by atoms with Gasteiger partial charge in [-0.2, -0.15) is 0 Å². The molecule has 3 heteroatoms. The molecule has 1 aromatic heterocycles. The Balaban J connectivity index is 1.96. The minimum absolute atomic E-state index is 0.00402. The zero-order chi connectivity index (χ0) is 18.0. The second-order valence-corrected chi connectivity index (χ2v) is 6.59. The standard InChI is InChI=1S/C22H20ClNO/c1-15-9-11-20(23)14-21(15)24-16(2)13-19(17(24)3)10-12-22(25)18-7-5-4-6-8-18/h4-14H,1-3H3/b12-10+. The van der Waals surface area contributed by atoms with E-state index >= 15 is 0 Å². The molecule has 1 heterocycles. The lowest BCUT2D eigenvalue weighted by molar-refractivity contribution is 0.104. The maximum absolute atomic E-state index is 12.3. The van der Waals surface area contributed by atoms with Crippen LogP contribution in [-0.4, -0.2) is 10.4 Å². The Morgan fingerprint density at radius 1 is 1.00 bits per heavy atom. The van der Waals surface area contributed by atoms with Gasteiger partial charge in [0.05, 0.1) is 0 Å². The molecule has 0 amide bonds. The molecular formula is C22H20ClNO. The first-order valence-electron chi connectivity index (χ1n) is 8.20. The zero-order valence-corrected chi connectivity index (χ0v) is 15.3. The summed E-state index contributed by atoms with van der Waals surface area (Å²) in [6.45, 7) is 6.18. The topological polar surface area (TPSA) is 22.0 Å². The molecule has 3 aromatic rings. The fourth-order valence-corrected chi connectivity index (χ4v) is 3.18. The first kappa shape index (κ1) is 17.2. The summed E-state index contributed by atoms with van der Waals surface area (Å²) in [7, 11) is 0. The lowest BCUT2D eigenvalue weighted by atomic mass is 10.1. The van der Waals surface area contributed by atoms with Gasteiger partial charge >= 0.3 is 0 Å². The quantitative estimate of drug-likeness (QED) is 0.421. The third kappa shape index (κ3) is 3.59. The van der Waals surface area contributed by atoms with Crippen molar-refractivity contribution in [2.24, 2.45) is 0 Å². The normalized spacial score (nSPS) is 11.2. The Hall–Kier alpha value is -2.58. The van der Waals surface area contributed by atoms with E-state index in [1.807, 2.05) is 54.6 Å². The number of allylic oxidation sites excluding steroid dienone is 1. The number of carbonyl (C=O) groups excluding carboxylic acids is 1. The van der Waals surface area contributed by atoms with Crippen LogP contribution in [0.4, 0.5) is 0 Å². The molecule has 2 aromatic carbocycles. The predicted molar refractivity (Wildman–Crippen MR) is 105 cm³/mol. The minimum Gasteiger partial charge on any atom is -0.318 e. The predicted octanol–water partition coefficient (Wildman–Crippen LogP) is 5.95. The largest absolute Gasteiger partial charge is 0.318 e. The Labute approximate surface area is 153 Å². The molecule has 0 aliphatic heterocycles. The lowest BCUT2D eigenvalue weighted by Gasteiger charge is -2.13. The Kier molecular flexibility index (Phi) is 4.91. The number of nitrogens with zero attached hydrogens (tertiary/aromatic N) is 1. The number of hydrogen-bond donors (Lipinski definition) is 0. The third-order valence-electron chi connectivity index (χ3n) is 4.35. The van der Waals surface area contributed by atoms with Gasteiger partial charge in [-0.1, -0.05) is 48.0 Å². The highest BCUT2D eigenvalue weighted by molar-refractivity contribution is 6.30. The van der Waals surface area contributed by atoms with Crippen molar-refractivity contribution in [1.82, 2.24) is 4.57 Å². The summed E-state index contributed by atoms with van der Waals surface area (Å²) >= 11 is 6.18. The van der Waals surface area contributed by atoms with E-state index in [2.05, 4.69) is 31.4 Å². The van der Waals surface area contributed by atoms with Gasteiger partial charge in [-0.05, 0) is 62.2 Å². The maximum atomic E-state index is 12.3. The molecule has 126 valence electrons. The van der Waals surface area contributed by atoms with E-state index in [9.17, 15) is 4.79 Å². The molecule has 0 saturated carbocycles. The van der Waals surface area contributed by atoms with Crippen molar-refractivity contribution in [3.63, 3.8) is 0 Å². The van der Waals surface area contributed by atoms with E-state index in [4.69, 9.17) is 11.6 Å². The SMILES string of the molecule is Cc1ccc(Cl)cc1-n1c(C)cc(/C=C/C(=O)c2ccccc2)c1C. The van der Waals surface area contributed by atoms with Crippen LogP contribution in [0.3, 0.4) is 0 Å². The van der Waals surface area contributed by atoms with Gasteiger partial charge < -0.3 is 4.57 Å². The van der Waals surface area contributed by atoms with E-state index in [0.29, 0.717) is 10.6 Å². The molecule has 0 spiro atoms. The van der Waals surface area contributed by atoms with Gasteiger partial charge in [-0.15, -0.1) is 0 Å². The lowest BCUT2D eigenvalue weighted by Crippen LogP contribution is -2.01. The molecule has 0 saturated heterocycles. The van der Waals surface area contributed by atoms with E-state index in [1.165, 1.54) is 0 Å². The summed E-state index contributed by atoms with van der Waals surface area (Å²) in [6.07, 6.45) is 3.51. The van der Waals surface area contributed by atoms with Crippen molar-refractivity contribution in [2.75, 3.05) is 0 Å². The molecule has 0 radical (unpaired) electrons. The molecule has 2 nitrogen and oxygen atoms in total. The Bertz CT molecular complexity index is 952. The minimum atomic E-state index is 0.00402. The van der Waals surface area contributed by atoms with Crippen LogP contribution >= 0.6 is 11.6 Å². The number of ketones is 1. The molecule has 0 bridgehead atoms. The Morgan fingerprint density at radius 3 is 2.44 bits per heavy atom. The van der Waals surface area contributed by atoms with Crippen LogP contribution < -0.4 is 0 Å². The number of carbonyl (C=O) groups is 1.